The van der Waals surface area contributed by atoms with E-state index in [1.165, 1.54) is 30.3 Å². The molecule has 3 aromatic rings. The van der Waals surface area contributed by atoms with Crippen molar-refractivity contribution in [2.45, 2.75) is 13.5 Å². The van der Waals surface area contributed by atoms with E-state index in [0.717, 1.165) is 4.90 Å². The van der Waals surface area contributed by atoms with E-state index in [2.05, 4.69) is 5.32 Å². The van der Waals surface area contributed by atoms with Crippen molar-refractivity contribution in [1.29, 1.82) is 0 Å². The molecule has 1 N–H and O–H groups in total. The summed E-state index contributed by atoms with van der Waals surface area (Å²) in [6.07, 6.45) is 1.27. The SMILES string of the molecule is Cc1c(Cl)cccc1N1C(=O)NC(=O)/C(=C\c2cc(Cl)ccc2OCc2cccc([N+](=O)[O-])c2)C1=O. The van der Waals surface area contributed by atoms with Gasteiger partial charge in [0.05, 0.1) is 10.6 Å². The summed E-state index contributed by atoms with van der Waals surface area (Å²) < 4.78 is 5.83. The summed E-state index contributed by atoms with van der Waals surface area (Å²) >= 11 is 12.3. The topological polar surface area (TPSA) is 119 Å². The van der Waals surface area contributed by atoms with Crippen molar-refractivity contribution in [3.63, 3.8) is 0 Å². The van der Waals surface area contributed by atoms with Crippen LogP contribution in [0.15, 0.2) is 66.2 Å². The standard InChI is InChI=1S/C25H17Cl2N3O6/c1-14-20(27)6-3-7-21(14)29-24(32)19(23(31)28-25(29)33)12-16-11-17(26)8-9-22(16)36-13-15-4-2-5-18(10-15)30(34)35/h2-12H,13H2,1H3,(H,28,31,33)/b19-12+. The van der Waals surface area contributed by atoms with Gasteiger partial charge in [-0.3, -0.25) is 25.0 Å². The molecule has 0 aliphatic carbocycles. The number of nitrogens with one attached hydrogen (secondary N) is 1. The Labute approximate surface area is 215 Å². The monoisotopic (exact) mass is 525 g/mol. The molecule has 0 bridgehead atoms. The lowest BCUT2D eigenvalue weighted by Gasteiger charge is -2.27. The fourth-order valence-electron chi connectivity index (χ4n) is 3.55. The van der Waals surface area contributed by atoms with Crippen LogP contribution in [0.2, 0.25) is 10.0 Å². The van der Waals surface area contributed by atoms with Crippen molar-refractivity contribution >= 4 is 58.5 Å². The second-order valence-electron chi connectivity index (χ2n) is 7.74. The van der Waals surface area contributed by atoms with Gasteiger partial charge in [-0.05, 0) is 54.5 Å². The van der Waals surface area contributed by atoms with E-state index in [9.17, 15) is 24.5 Å². The van der Waals surface area contributed by atoms with Crippen molar-refractivity contribution in [2.75, 3.05) is 4.90 Å². The third-order valence-electron chi connectivity index (χ3n) is 5.37. The molecule has 36 heavy (non-hydrogen) atoms. The number of imide groups is 2. The van der Waals surface area contributed by atoms with Gasteiger partial charge in [0, 0.05) is 27.7 Å². The van der Waals surface area contributed by atoms with Crippen LogP contribution in [0.1, 0.15) is 16.7 Å². The number of carbonyl (C=O) groups is 3. The van der Waals surface area contributed by atoms with Crippen molar-refractivity contribution in [3.8, 4) is 5.75 Å². The van der Waals surface area contributed by atoms with Crippen molar-refractivity contribution in [3.05, 3.63) is 103 Å². The largest absolute Gasteiger partial charge is 0.488 e. The molecule has 0 unspecified atom stereocenters. The average Bonchev–Trinajstić information content (AvgIpc) is 2.84. The number of ether oxygens (including phenoxy) is 1. The van der Waals surface area contributed by atoms with Crippen LogP contribution in [0, 0.1) is 17.0 Å². The number of hydrogen-bond acceptors (Lipinski definition) is 6. The molecule has 1 aliphatic rings. The van der Waals surface area contributed by atoms with E-state index in [-0.39, 0.29) is 29.3 Å². The Morgan fingerprint density at radius 3 is 2.56 bits per heavy atom. The fraction of sp³-hybridized carbons (Fsp3) is 0.0800. The molecule has 11 heteroatoms. The van der Waals surface area contributed by atoms with Crippen LogP contribution in [0.4, 0.5) is 16.2 Å². The lowest BCUT2D eigenvalue weighted by molar-refractivity contribution is -0.384. The van der Waals surface area contributed by atoms with Gasteiger partial charge in [-0.1, -0.05) is 41.4 Å². The van der Waals surface area contributed by atoms with Gasteiger partial charge >= 0.3 is 6.03 Å². The lowest BCUT2D eigenvalue weighted by atomic mass is 10.0. The van der Waals surface area contributed by atoms with Gasteiger partial charge in [0.1, 0.15) is 17.9 Å². The minimum atomic E-state index is -0.902. The third-order valence-corrected chi connectivity index (χ3v) is 6.01. The highest BCUT2D eigenvalue weighted by atomic mass is 35.5. The van der Waals surface area contributed by atoms with Crippen LogP contribution in [0.25, 0.3) is 6.08 Å². The maximum absolute atomic E-state index is 13.3. The van der Waals surface area contributed by atoms with Crippen LogP contribution in [0.5, 0.6) is 5.75 Å². The van der Waals surface area contributed by atoms with Gasteiger partial charge in [-0.25, -0.2) is 9.69 Å². The Bertz CT molecular complexity index is 1450. The third kappa shape index (κ3) is 5.07. The zero-order valence-electron chi connectivity index (χ0n) is 18.7. The highest BCUT2D eigenvalue weighted by Crippen LogP contribution is 2.31. The number of carbonyl (C=O) groups excluding carboxylic acids is 3. The number of barbiturate groups is 1. The Balaban J connectivity index is 1.68. The molecular formula is C25H17Cl2N3O6. The van der Waals surface area contributed by atoms with Crippen molar-refractivity contribution in [2.24, 2.45) is 0 Å². The summed E-state index contributed by atoms with van der Waals surface area (Å²) in [6, 6.07) is 14.4. The molecule has 3 aromatic carbocycles. The minimum absolute atomic E-state index is 0.0219. The highest BCUT2D eigenvalue weighted by molar-refractivity contribution is 6.40. The van der Waals surface area contributed by atoms with Gasteiger partial charge in [-0.2, -0.15) is 0 Å². The van der Waals surface area contributed by atoms with Crippen LogP contribution < -0.4 is 15.0 Å². The van der Waals surface area contributed by atoms with Crippen LogP contribution in [-0.4, -0.2) is 22.8 Å². The number of urea groups is 1. The summed E-state index contributed by atoms with van der Waals surface area (Å²) in [6.45, 7) is 1.63. The summed E-state index contributed by atoms with van der Waals surface area (Å²) in [5.41, 5.74) is 1.15. The number of benzene rings is 3. The maximum Gasteiger partial charge on any atom is 0.335 e. The number of nitro benzene ring substituents is 1. The summed E-state index contributed by atoms with van der Waals surface area (Å²) in [5.74, 6) is -1.47. The molecule has 1 fully saturated rings. The van der Waals surface area contributed by atoms with E-state index in [0.29, 0.717) is 26.7 Å². The van der Waals surface area contributed by atoms with E-state index in [4.69, 9.17) is 27.9 Å². The van der Waals surface area contributed by atoms with Gasteiger partial charge < -0.3 is 4.74 Å². The number of rotatable bonds is 6. The fourth-order valence-corrected chi connectivity index (χ4v) is 3.90. The lowest BCUT2D eigenvalue weighted by Crippen LogP contribution is -2.54. The molecule has 0 atom stereocenters. The molecule has 0 radical (unpaired) electrons. The predicted molar refractivity (Wildman–Crippen MR) is 134 cm³/mol. The van der Waals surface area contributed by atoms with E-state index >= 15 is 0 Å². The number of nitrogens with zero attached hydrogens (tertiary/aromatic N) is 2. The summed E-state index contributed by atoms with van der Waals surface area (Å²) in [7, 11) is 0. The minimum Gasteiger partial charge on any atom is -0.488 e. The average molecular weight is 526 g/mol. The molecule has 1 heterocycles. The number of amides is 4. The molecule has 4 amide bonds. The molecule has 4 rings (SSSR count). The number of nitro groups is 1. The zero-order valence-corrected chi connectivity index (χ0v) is 20.2. The molecular weight excluding hydrogens is 509 g/mol. The van der Waals surface area contributed by atoms with Crippen molar-refractivity contribution in [1.82, 2.24) is 5.32 Å². The van der Waals surface area contributed by atoms with E-state index < -0.39 is 22.8 Å². The Kier molecular flexibility index (Phi) is 7.05. The Morgan fingerprint density at radius 2 is 1.81 bits per heavy atom. The van der Waals surface area contributed by atoms with Gasteiger partial charge in [0.25, 0.3) is 17.5 Å². The summed E-state index contributed by atoms with van der Waals surface area (Å²) in [4.78, 5) is 49.8. The second kappa shape index (κ2) is 10.2. The summed E-state index contributed by atoms with van der Waals surface area (Å²) in [5, 5.41) is 13.9. The first-order valence-corrected chi connectivity index (χ1v) is 11.2. The Hall–Kier alpha value is -4.21. The van der Waals surface area contributed by atoms with Crippen molar-refractivity contribution < 1.29 is 24.0 Å². The number of non-ortho nitro benzene ring substituents is 1. The van der Waals surface area contributed by atoms with E-state index in [1.54, 1.807) is 43.3 Å². The maximum atomic E-state index is 13.3. The van der Waals surface area contributed by atoms with Crippen LogP contribution in [0.3, 0.4) is 0 Å². The first-order chi connectivity index (χ1) is 17.2. The molecule has 9 nitrogen and oxygen atoms in total. The van der Waals surface area contributed by atoms with Crippen LogP contribution in [-0.2, 0) is 16.2 Å². The van der Waals surface area contributed by atoms with Gasteiger partial charge in [-0.15, -0.1) is 0 Å². The predicted octanol–water partition coefficient (Wildman–Crippen LogP) is 5.46. The molecule has 1 saturated heterocycles. The Morgan fingerprint density at radius 1 is 1.06 bits per heavy atom. The normalized spacial score (nSPS) is 14.7. The second-order valence-corrected chi connectivity index (χ2v) is 8.58. The van der Waals surface area contributed by atoms with Crippen LogP contribution >= 0.6 is 23.2 Å². The number of hydrogen-bond donors (Lipinski definition) is 1. The highest BCUT2D eigenvalue weighted by Gasteiger charge is 2.37. The van der Waals surface area contributed by atoms with Gasteiger partial charge in [0.2, 0.25) is 0 Å². The molecule has 0 aromatic heterocycles. The van der Waals surface area contributed by atoms with E-state index in [1.807, 2.05) is 0 Å². The number of halogens is 2. The molecule has 182 valence electrons. The quantitative estimate of drug-likeness (QED) is 0.197. The number of anilines is 1. The first kappa shape index (κ1) is 24.9. The van der Waals surface area contributed by atoms with Gasteiger partial charge in [0.15, 0.2) is 0 Å². The first-order valence-electron chi connectivity index (χ1n) is 10.5. The zero-order chi connectivity index (χ0) is 26.0. The molecule has 0 spiro atoms. The molecule has 1 aliphatic heterocycles. The smallest absolute Gasteiger partial charge is 0.335 e. The molecule has 0 saturated carbocycles.